The summed E-state index contributed by atoms with van der Waals surface area (Å²) < 4.78 is 0. The van der Waals surface area contributed by atoms with Gasteiger partial charge >= 0.3 is 21.1 Å². The third kappa shape index (κ3) is 11.2. The van der Waals surface area contributed by atoms with E-state index in [9.17, 15) is 0 Å². The van der Waals surface area contributed by atoms with Crippen LogP contribution in [0.1, 0.15) is 0 Å². The van der Waals surface area contributed by atoms with Gasteiger partial charge < -0.3 is 25.3 Å². The van der Waals surface area contributed by atoms with Crippen LogP contribution in [0.15, 0.2) is 182 Å². The molecule has 5 heteroatoms. The number of benzene rings is 6. The molecule has 218 valence electrons. The van der Waals surface area contributed by atoms with E-state index in [4.69, 9.17) is 0 Å². The summed E-state index contributed by atoms with van der Waals surface area (Å²) in [5.41, 5.74) is 0. The normalized spacial score (nSPS) is 10.0. The Hall–Kier alpha value is -2.43. The van der Waals surface area contributed by atoms with Crippen molar-refractivity contribution in [2.24, 2.45) is 0 Å². The maximum absolute atomic E-state index is 4.45. The molecule has 0 fully saturated rings. The van der Waals surface area contributed by atoms with Crippen LogP contribution >= 0.6 is 15.8 Å². The molecule has 0 bridgehead atoms. The van der Waals surface area contributed by atoms with Crippen LogP contribution in [0.25, 0.3) is 0 Å². The molecule has 0 aliphatic heterocycles. The second kappa shape index (κ2) is 20.5. The van der Waals surface area contributed by atoms with Crippen molar-refractivity contribution >= 4 is 72.9 Å². The van der Waals surface area contributed by atoms with E-state index < -0.39 is 15.8 Å². The van der Waals surface area contributed by atoms with Gasteiger partial charge in [0, 0.05) is 0 Å². The van der Waals surface area contributed by atoms with E-state index in [1.54, 1.807) is 0 Å². The Morgan fingerprint density at radius 2 is 0.419 bits per heavy atom. The van der Waals surface area contributed by atoms with Crippen molar-refractivity contribution in [3.63, 3.8) is 0 Å². The summed E-state index contributed by atoms with van der Waals surface area (Å²) in [5, 5.41) is 8.39. The summed E-state index contributed by atoms with van der Waals surface area (Å²) in [6.07, 6.45) is 0. The average Bonchev–Trinajstić information content (AvgIpc) is 3.08. The molecule has 0 aromatic heterocycles. The molecule has 0 nitrogen and oxygen atoms in total. The van der Waals surface area contributed by atoms with Crippen LogP contribution < -0.4 is 31.8 Å². The molecule has 0 unspecified atom stereocenters. The minimum absolute atomic E-state index is 0. The smallest absolute Gasteiger partial charge is 0.794 e. The van der Waals surface area contributed by atoms with Crippen LogP contribution in [0.2, 0.25) is 0 Å². The van der Waals surface area contributed by atoms with E-state index >= 15 is 0 Å². The van der Waals surface area contributed by atoms with Gasteiger partial charge in [0.15, 0.2) is 0 Å². The van der Waals surface area contributed by atoms with Crippen molar-refractivity contribution in [2.75, 3.05) is 11.5 Å². The zero-order chi connectivity index (χ0) is 29.2. The average molecular weight is 812 g/mol. The molecule has 6 aromatic carbocycles. The van der Waals surface area contributed by atoms with Crippen molar-refractivity contribution in [1.29, 1.82) is 0 Å². The van der Waals surface area contributed by atoms with Crippen molar-refractivity contribution in [3.8, 4) is 0 Å². The predicted octanol–water partition coefficient (Wildman–Crippen LogP) is 6.97. The monoisotopic (exact) mass is 811 g/mol. The third-order valence-corrected chi connectivity index (χ3v) is 11.7. The van der Waals surface area contributed by atoms with Crippen LogP contribution in [0.5, 0.6) is 0 Å². The molecular weight excluding hydrogens is 778 g/mol. The molecular formula is C38H34P2PtS2. The maximum atomic E-state index is 4.45. The fourth-order valence-corrected chi connectivity index (χ4v) is 8.97. The molecule has 0 heterocycles. The predicted molar refractivity (Wildman–Crippen MR) is 195 cm³/mol. The number of hydrogen-bond donors (Lipinski definition) is 0. The van der Waals surface area contributed by atoms with Crippen LogP contribution in [-0.4, -0.2) is 11.5 Å². The summed E-state index contributed by atoms with van der Waals surface area (Å²) in [6.45, 7) is 0. The standard InChI is InChI=1S/2C18H15P.C2H6S2.Pt/c2*1-4-10-16(11-5-1)19(17-12-6-2-7-13-17)18-14-8-3-9-15-18;3-1-2-4;/h2*1-15H;3-4H,1-2H2;/q;;;+2/p-2. The Morgan fingerprint density at radius 1 is 0.279 bits per heavy atom. The molecule has 0 aliphatic carbocycles. The van der Waals surface area contributed by atoms with Crippen molar-refractivity contribution in [2.45, 2.75) is 0 Å². The zero-order valence-corrected chi connectivity index (χ0v) is 29.5. The third-order valence-electron chi connectivity index (χ3n) is 6.17. The summed E-state index contributed by atoms with van der Waals surface area (Å²) in [4.78, 5) is 0. The Bertz CT molecular complexity index is 1220. The minimum atomic E-state index is -0.446. The van der Waals surface area contributed by atoms with Gasteiger partial charge in [-0.3, -0.25) is 0 Å². The molecule has 0 amide bonds. The van der Waals surface area contributed by atoms with Gasteiger partial charge in [0.1, 0.15) is 0 Å². The van der Waals surface area contributed by atoms with E-state index in [-0.39, 0.29) is 21.1 Å². The first kappa shape index (κ1) is 35.1. The summed E-state index contributed by atoms with van der Waals surface area (Å²) in [6, 6.07) is 64.7. The van der Waals surface area contributed by atoms with Gasteiger partial charge in [-0.1, -0.05) is 182 Å². The molecule has 0 spiro atoms. The van der Waals surface area contributed by atoms with E-state index in [2.05, 4.69) is 207 Å². The first-order valence-corrected chi connectivity index (χ1v) is 17.7. The van der Waals surface area contributed by atoms with Crippen LogP contribution in [-0.2, 0) is 46.3 Å². The number of rotatable bonds is 7. The Labute approximate surface area is 285 Å². The fraction of sp³-hybridized carbons (Fsp3) is 0.0526. The van der Waals surface area contributed by atoms with Gasteiger partial charge in [-0.05, 0) is 47.7 Å². The van der Waals surface area contributed by atoms with Crippen molar-refractivity contribution < 1.29 is 21.1 Å². The van der Waals surface area contributed by atoms with Gasteiger partial charge in [-0.25, -0.2) is 0 Å². The van der Waals surface area contributed by atoms with Gasteiger partial charge in [0.05, 0.1) is 0 Å². The SMILES string of the molecule is [Pt+2].[S-]CC[S-].c1ccc(P(c2ccccc2)c2ccccc2)cc1.c1ccc(P(c2ccccc2)c2ccccc2)cc1. The quantitative estimate of drug-likeness (QED) is 0.126. The molecule has 0 N–H and O–H groups in total. The van der Waals surface area contributed by atoms with E-state index in [1.807, 2.05) is 0 Å². The second-order valence-electron chi connectivity index (χ2n) is 9.09. The van der Waals surface area contributed by atoms with E-state index in [0.29, 0.717) is 0 Å². The Kier molecular flexibility index (Phi) is 16.7. The molecule has 6 rings (SSSR count). The summed E-state index contributed by atoms with van der Waals surface area (Å²) >= 11 is 8.90. The molecule has 0 saturated carbocycles. The van der Waals surface area contributed by atoms with Crippen molar-refractivity contribution in [3.05, 3.63) is 182 Å². The number of hydrogen-bond acceptors (Lipinski definition) is 2. The summed E-state index contributed by atoms with van der Waals surface area (Å²) in [7, 11) is -0.892. The molecule has 0 saturated heterocycles. The van der Waals surface area contributed by atoms with Gasteiger partial charge in [0.2, 0.25) is 0 Å². The zero-order valence-electron chi connectivity index (χ0n) is 23.8. The van der Waals surface area contributed by atoms with Crippen LogP contribution in [0.4, 0.5) is 0 Å². The summed E-state index contributed by atoms with van der Waals surface area (Å²) in [5.74, 6) is 1.44. The van der Waals surface area contributed by atoms with E-state index in [1.165, 1.54) is 31.8 Å². The van der Waals surface area contributed by atoms with Crippen LogP contribution in [0, 0.1) is 0 Å². The van der Waals surface area contributed by atoms with Gasteiger partial charge in [-0.2, -0.15) is 11.5 Å². The Morgan fingerprint density at radius 3 is 0.535 bits per heavy atom. The molecule has 0 atom stereocenters. The fourth-order valence-electron chi connectivity index (χ4n) is 4.36. The van der Waals surface area contributed by atoms with Gasteiger partial charge in [-0.15, -0.1) is 0 Å². The first-order chi connectivity index (χ1) is 20.8. The topological polar surface area (TPSA) is 0 Å². The second-order valence-corrected chi connectivity index (χ2v) is 14.3. The first-order valence-electron chi connectivity index (χ1n) is 13.9. The molecule has 6 aromatic rings. The maximum Gasteiger partial charge on any atom is 2.00 e. The minimum Gasteiger partial charge on any atom is -0.794 e. The molecule has 43 heavy (non-hydrogen) atoms. The molecule has 0 radical (unpaired) electrons. The van der Waals surface area contributed by atoms with E-state index in [0.717, 1.165) is 11.5 Å². The molecule has 0 aliphatic rings. The van der Waals surface area contributed by atoms with Crippen molar-refractivity contribution in [1.82, 2.24) is 0 Å². The van der Waals surface area contributed by atoms with Gasteiger partial charge in [0.25, 0.3) is 0 Å². The largest absolute Gasteiger partial charge is 2.00 e. The Balaban J connectivity index is 0.000000206. The van der Waals surface area contributed by atoms with Crippen LogP contribution in [0.3, 0.4) is 0 Å².